The van der Waals surface area contributed by atoms with Crippen molar-refractivity contribution in [3.05, 3.63) is 58.6 Å². The van der Waals surface area contributed by atoms with E-state index in [1.807, 2.05) is 24.3 Å². The van der Waals surface area contributed by atoms with Crippen molar-refractivity contribution in [2.75, 3.05) is 13.2 Å². The predicted molar refractivity (Wildman–Crippen MR) is 148 cm³/mol. The monoisotopic (exact) mass is 525 g/mol. The molecular formula is C30H40ClN3O3. The van der Waals surface area contributed by atoms with Gasteiger partial charge in [0.1, 0.15) is 23.7 Å². The van der Waals surface area contributed by atoms with Crippen molar-refractivity contribution >= 4 is 17.5 Å². The SMILES string of the molecule is CC1(C)C(NC(=O)c2ccc(OCCCCCCCCN)cc2)C(C)(C)C1Oc1ccc(C#N)c(Cl)c1. The molecule has 1 fully saturated rings. The van der Waals surface area contributed by atoms with Crippen LogP contribution in [0.3, 0.4) is 0 Å². The number of nitrogens with one attached hydrogen (secondary N) is 1. The predicted octanol–water partition coefficient (Wildman–Crippen LogP) is 6.50. The van der Waals surface area contributed by atoms with E-state index in [2.05, 4.69) is 39.1 Å². The van der Waals surface area contributed by atoms with Crippen molar-refractivity contribution in [2.45, 2.75) is 78.4 Å². The Kier molecular flexibility index (Phi) is 9.87. The molecule has 6 nitrogen and oxygen atoms in total. The van der Waals surface area contributed by atoms with Crippen LogP contribution >= 0.6 is 11.6 Å². The summed E-state index contributed by atoms with van der Waals surface area (Å²) in [5.41, 5.74) is 5.91. The first-order valence-electron chi connectivity index (χ1n) is 13.2. The van der Waals surface area contributed by atoms with Gasteiger partial charge in [0.25, 0.3) is 5.91 Å². The number of hydrogen-bond acceptors (Lipinski definition) is 5. The highest BCUT2D eigenvalue weighted by Crippen LogP contribution is 2.55. The summed E-state index contributed by atoms with van der Waals surface area (Å²) in [6.45, 7) is 9.82. The number of hydrogen-bond donors (Lipinski definition) is 2. The summed E-state index contributed by atoms with van der Waals surface area (Å²) in [7, 11) is 0. The molecule has 200 valence electrons. The molecule has 3 rings (SSSR count). The van der Waals surface area contributed by atoms with Gasteiger partial charge in [-0.15, -0.1) is 0 Å². The van der Waals surface area contributed by atoms with Gasteiger partial charge in [0.15, 0.2) is 0 Å². The number of unbranched alkanes of at least 4 members (excludes halogenated alkanes) is 5. The Morgan fingerprint density at radius 3 is 2.16 bits per heavy atom. The van der Waals surface area contributed by atoms with Crippen molar-refractivity contribution in [3.63, 3.8) is 0 Å². The molecule has 1 aliphatic rings. The minimum Gasteiger partial charge on any atom is -0.494 e. The van der Waals surface area contributed by atoms with Crippen molar-refractivity contribution in [1.82, 2.24) is 5.32 Å². The molecule has 3 N–H and O–H groups in total. The molecular weight excluding hydrogens is 486 g/mol. The zero-order valence-electron chi connectivity index (χ0n) is 22.5. The van der Waals surface area contributed by atoms with Crippen LogP contribution in [0.15, 0.2) is 42.5 Å². The molecule has 0 atom stereocenters. The topological polar surface area (TPSA) is 97.4 Å². The molecule has 2 aromatic carbocycles. The number of ether oxygens (including phenoxy) is 2. The lowest BCUT2D eigenvalue weighted by atomic mass is 9.49. The number of nitrogens with zero attached hydrogens (tertiary/aromatic N) is 1. The van der Waals surface area contributed by atoms with E-state index < -0.39 is 0 Å². The Labute approximate surface area is 226 Å². The maximum Gasteiger partial charge on any atom is 0.251 e. The molecule has 0 unspecified atom stereocenters. The summed E-state index contributed by atoms with van der Waals surface area (Å²) in [4.78, 5) is 13.1. The Morgan fingerprint density at radius 1 is 0.973 bits per heavy atom. The molecule has 0 heterocycles. The molecule has 1 amide bonds. The first kappa shape index (κ1) is 28.8. The van der Waals surface area contributed by atoms with Crippen molar-refractivity contribution < 1.29 is 14.3 Å². The minimum absolute atomic E-state index is 0.0906. The molecule has 1 aliphatic carbocycles. The van der Waals surface area contributed by atoms with Gasteiger partial charge in [0.2, 0.25) is 0 Å². The summed E-state index contributed by atoms with van der Waals surface area (Å²) < 4.78 is 12.2. The lowest BCUT2D eigenvalue weighted by molar-refractivity contribution is -0.164. The van der Waals surface area contributed by atoms with Gasteiger partial charge in [0, 0.05) is 28.5 Å². The first-order chi connectivity index (χ1) is 17.6. The fourth-order valence-corrected chi connectivity index (χ4v) is 5.87. The summed E-state index contributed by atoms with van der Waals surface area (Å²) in [6, 6.07) is 14.4. The van der Waals surface area contributed by atoms with E-state index in [9.17, 15) is 4.79 Å². The van der Waals surface area contributed by atoms with Crippen LogP contribution in [-0.4, -0.2) is 31.2 Å². The van der Waals surface area contributed by atoms with Gasteiger partial charge in [-0.05, 0) is 55.8 Å². The maximum absolute atomic E-state index is 13.1. The first-order valence-corrected chi connectivity index (χ1v) is 13.6. The van der Waals surface area contributed by atoms with E-state index in [1.54, 1.807) is 18.2 Å². The molecule has 0 saturated heterocycles. The van der Waals surface area contributed by atoms with Gasteiger partial charge in [-0.3, -0.25) is 4.79 Å². The highest BCUT2D eigenvalue weighted by Gasteiger charge is 2.64. The number of rotatable bonds is 13. The van der Waals surface area contributed by atoms with E-state index >= 15 is 0 Å². The normalized spacial score (nSPS) is 19.4. The van der Waals surface area contributed by atoms with E-state index in [0.717, 1.165) is 31.6 Å². The Hall–Kier alpha value is -2.75. The highest BCUT2D eigenvalue weighted by atomic mass is 35.5. The summed E-state index contributed by atoms with van der Waals surface area (Å²) >= 11 is 6.18. The van der Waals surface area contributed by atoms with Crippen LogP contribution in [0.1, 0.15) is 82.1 Å². The molecule has 0 radical (unpaired) electrons. The second-order valence-corrected chi connectivity index (χ2v) is 11.5. The smallest absolute Gasteiger partial charge is 0.251 e. The number of halogens is 1. The fraction of sp³-hybridized carbons (Fsp3) is 0.533. The van der Waals surface area contributed by atoms with Crippen molar-refractivity contribution in [3.8, 4) is 17.6 Å². The van der Waals surface area contributed by atoms with Crippen LogP contribution < -0.4 is 20.5 Å². The fourth-order valence-electron chi connectivity index (χ4n) is 5.66. The average molecular weight is 526 g/mol. The van der Waals surface area contributed by atoms with Crippen LogP contribution in [0.25, 0.3) is 0 Å². The molecule has 37 heavy (non-hydrogen) atoms. The quantitative estimate of drug-likeness (QED) is 0.291. The van der Waals surface area contributed by atoms with Crippen molar-refractivity contribution in [2.24, 2.45) is 16.6 Å². The average Bonchev–Trinajstić information content (AvgIpc) is 2.87. The van der Waals surface area contributed by atoms with Crippen LogP contribution in [-0.2, 0) is 0 Å². The second kappa shape index (κ2) is 12.7. The zero-order chi connectivity index (χ0) is 27.1. The van der Waals surface area contributed by atoms with Gasteiger partial charge in [-0.25, -0.2) is 0 Å². The lowest BCUT2D eigenvalue weighted by Crippen LogP contribution is -2.74. The van der Waals surface area contributed by atoms with Gasteiger partial charge >= 0.3 is 0 Å². The van der Waals surface area contributed by atoms with Crippen LogP contribution in [0, 0.1) is 22.2 Å². The third-order valence-corrected chi connectivity index (χ3v) is 7.73. The van der Waals surface area contributed by atoms with Crippen molar-refractivity contribution in [1.29, 1.82) is 5.26 Å². The summed E-state index contributed by atoms with van der Waals surface area (Å²) in [6.07, 6.45) is 6.78. The Balaban J connectivity index is 1.51. The molecule has 1 saturated carbocycles. The maximum atomic E-state index is 13.1. The second-order valence-electron chi connectivity index (χ2n) is 11.1. The standard InChI is InChI=1S/C30H40ClN3O3/c1-29(2)27(30(3,4)28(29)37-24-16-13-22(20-33)25(31)19-24)34-26(35)21-11-14-23(15-12-21)36-18-10-8-6-5-7-9-17-32/h11-16,19,27-28H,5-10,17-18,32H2,1-4H3,(H,34,35). The van der Waals surface area contributed by atoms with Crippen LogP contribution in [0.5, 0.6) is 11.5 Å². The molecule has 0 aromatic heterocycles. The summed E-state index contributed by atoms with van der Waals surface area (Å²) in [5.74, 6) is 1.27. The van der Waals surface area contributed by atoms with E-state index in [1.165, 1.54) is 19.3 Å². The third kappa shape index (κ3) is 6.97. The molecule has 0 aliphatic heterocycles. The third-order valence-electron chi connectivity index (χ3n) is 7.41. The largest absolute Gasteiger partial charge is 0.494 e. The van der Waals surface area contributed by atoms with Crippen LogP contribution in [0.4, 0.5) is 0 Å². The zero-order valence-corrected chi connectivity index (χ0v) is 23.2. The van der Waals surface area contributed by atoms with Gasteiger partial charge in [0.05, 0.1) is 17.2 Å². The number of carbonyl (C=O) groups is 1. The van der Waals surface area contributed by atoms with Gasteiger partial charge < -0.3 is 20.5 Å². The number of nitriles is 1. The van der Waals surface area contributed by atoms with E-state index in [-0.39, 0.29) is 28.9 Å². The molecule has 2 aromatic rings. The molecule has 7 heteroatoms. The van der Waals surface area contributed by atoms with E-state index in [0.29, 0.717) is 28.5 Å². The highest BCUT2D eigenvalue weighted by molar-refractivity contribution is 6.31. The number of benzene rings is 2. The number of amides is 1. The Bertz CT molecular complexity index is 1080. The molecule has 0 bridgehead atoms. The van der Waals surface area contributed by atoms with Gasteiger partial charge in [-0.1, -0.05) is 65.0 Å². The minimum atomic E-state index is -0.313. The van der Waals surface area contributed by atoms with Gasteiger partial charge in [-0.2, -0.15) is 5.26 Å². The Morgan fingerprint density at radius 2 is 1.57 bits per heavy atom. The molecule has 0 spiro atoms. The van der Waals surface area contributed by atoms with E-state index in [4.69, 9.17) is 32.1 Å². The summed E-state index contributed by atoms with van der Waals surface area (Å²) in [5, 5.41) is 12.7. The number of nitrogens with two attached hydrogens (primary N) is 1. The van der Waals surface area contributed by atoms with Crippen LogP contribution in [0.2, 0.25) is 5.02 Å². The lowest BCUT2D eigenvalue weighted by Gasteiger charge is -2.63. The number of carbonyl (C=O) groups excluding carboxylic acids is 1.